The molecule has 15 heavy (non-hydrogen) atoms. The van der Waals surface area contributed by atoms with Crippen molar-refractivity contribution in [1.82, 2.24) is 0 Å². The smallest absolute Gasteiger partial charge is 0.0187 e. The van der Waals surface area contributed by atoms with Crippen LogP contribution in [-0.2, 0) is 0 Å². The van der Waals surface area contributed by atoms with E-state index in [1.165, 1.54) is 11.1 Å². The van der Waals surface area contributed by atoms with Crippen molar-refractivity contribution in [3.63, 3.8) is 0 Å². The second-order valence-corrected chi connectivity index (χ2v) is 3.09. The van der Waals surface area contributed by atoms with Gasteiger partial charge in [0.25, 0.3) is 0 Å². The lowest BCUT2D eigenvalue weighted by atomic mass is 10.1. The van der Waals surface area contributed by atoms with Gasteiger partial charge in [-0.3, -0.25) is 0 Å². The zero-order valence-corrected chi connectivity index (χ0v) is 9.06. The fraction of sp³-hybridized carbons (Fsp3) is 0.0667. The zero-order chi connectivity index (χ0) is 10.9. The van der Waals surface area contributed by atoms with Crippen LogP contribution < -0.4 is 0 Å². The lowest BCUT2D eigenvalue weighted by Crippen LogP contribution is -1.78. The van der Waals surface area contributed by atoms with Crippen LogP contribution in [0.2, 0.25) is 0 Å². The molecule has 0 radical (unpaired) electrons. The van der Waals surface area contributed by atoms with Gasteiger partial charge in [0.05, 0.1) is 0 Å². The highest BCUT2D eigenvalue weighted by molar-refractivity contribution is 5.73. The molecule has 0 aliphatic heterocycles. The Morgan fingerprint density at radius 1 is 1.07 bits per heavy atom. The van der Waals surface area contributed by atoms with Gasteiger partial charge in [-0.05, 0) is 18.1 Å². The molecule has 0 aliphatic carbocycles. The lowest BCUT2D eigenvalue weighted by Gasteiger charge is -1.99. The van der Waals surface area contributed by atoms with E-state index < -0.39 is 0 Å². The van der Waals surface area contributed by atoms with E-state index in [1.54, 1.807) is 6.08 Å². The summed E-state index contributed by atoms with van der Waals surface area (Å²) < 4.78 is 0. The maximum Gasteiger partial charge on any atom is -0.0187 e. The summed E-state index contributed by atoms with van der Waals surface area (Å²) in [5.74, 6) is 0. The molecule has 0 N–H and O–H groups in total. The Kier molecular flexibility index (Phi) is 4.96. The van der Waals surface area contributed by atoms with Crippen molar-refractivity contribution >= 4 is 5.57 Å². The first-order chi connectivity index (χ1) is 7.38. The molecule has 76 valence electrons. The van der Waals surface area contributed by atoms with E-state index in [-0.39, 0.29) is 0 Å². The third-order valence-electron chi connectivity index (χ3n) is 2.05. The van der Waals surface area contributed by atoms with Gasteiger partial charge >= 0.3 is 0 Å². The lowest BCUT2D eigenvalue weighted by molar-refractivity contribution is 1.59. The zero-order valence-electron chi connectivity index (χ0n) is 9.06. The van der Waals surface area contributed by atoms with Crippen LogP contribution in [-0.4, -0.2) is 0 Å². The molecule has 0 saturated heterocycles. The predicted molar refractivity (Wildman–Crippen MR) is 68.6 cm³/mol. The first-order valence-corrected chi connectivity index (χ1v) is 5.06. The van der Waals surface area contributed by atoms with E-state index in [9.17, 15) is 0 Å². The molecule has 1 rings (SSSR count). The standard InChI is InChI=1S/C15H16/c1-3-5-6-8-11-14(4-2)15-12-9-7-10-13-15/h3-13H,1H2,2H3. The fourth-order valence-corrected chi connectivity index (χ4v) is 1.29. The number of rotatable bonds is 4. The van der Waals surface area contributed by atoms with Crippen molar-refractivity contribution < 1.29 is 0 Å². The van der Waals surface area contributed by atoms with E-state index in [0.717, 1.165) is 0 Å². The van der Waals surface area contributed by atoms with Gasteiger partial charge in [0.2, 0.25) is 0 Å². The van der Waals surface area contributed by atoms with E-state index >= 15 is 0 Å². The van der Waals surface area contributed by atoms with Crippen molar-refractivity contribution in [2.45, 2.75) is 6.92 Å². The summed E-state index contributed by atoms with van der Waals surface area (Å²) in [4.78, 5) is 0. The second-order valence-electron chi connectivity index (χ2n) is 3.09. The summed E-state index contributed by atoms with van der Waals surface area (Å²) in [7, 11) is 0. The first-order valence-electron chi connectivity index (χ1n) is 5.06. The molecule has 1 aromatic rings. The number of hydrogen-bond acceptors (Lipinski definition) is 0. The molecule has 0 fully saturated rings. The van der Waals surface area contributed by atoms with Crippen LogP contribution in [0.5, 0.6) is 0 Å². The third-order valence-corrected chi connectivity index (χ3v) is 2.05. The molecule has 0 unspecified atom stereocenters. The van der Waals surface area contributed by atoms with Gasteiger partial charge in [0.15, 0.2) is 0 Å². The minimum atomic E-state index is 1.23. The molecule has 0 saturated carbocycles. The molecule has 1 aromatic carbocycles. The Bertz CT molecular complexity index is 378. The molecule has 0 nitrogen and oxygen atoms in total. The molecule has 0 aliphatic rings. The minimum absolute atomic E-state index is 1.23. The summed E-state index contributed by atoms with van der Waals surface area (Å²) in [6.45, 7) is 5.67. The first kappa shape index (κ1) is 11.3. The number of allylic oxidation sites excluding steroid dienone is 7. The van der Waals surface area contributed by atoms with Crippen LogP contribution in [0, 0.1) is 0 Å². The molecule has 0 atom stereocenters. The Morgan fingerprint density at radius 2 is 1.80 bits per heavy atom. The van der Waals surface area contributed by atoms with Gasteiger partial charge in [0.1, 0.15) is 0 Å². The van der Waals surface area contributed by atoms with Gasteiger partial charge < -0.3 is 0 Å². The largest absolute Gasteiger partial charge is 0.0991 e. The van der Waals surface area contributed by atoms with E-state index in [2.05, 4.69) is 30.9 Å². The Labute approximate surface area is 92.0 Å². The molecule has 0 spiro atoms. The second kappa shape index (κ2) is 6.61. The summed E-state index contributed by atoms with van der Waals surface area (Å²) in [5, 5.41) is 0. The maximum atomic E-state index is 3.62. The summed E-state index contributed by atoms with van der Waals surface area (Å²) in [6.07, 6.45) is 11.9. The Balaban J connectivity index is 2.79. The molecule has 0 amide bonds. The van der Waals surface area contributed by atoms with Crippen LogP contribution in [0.25, 0.3) is 5.57 Å². The fourth-order valence-electron chi connectivity index (χ4n) is 1.29. The van der Waals surface area contributed by atoms with E-state index in [4.69, 9.17) is 0 Å². The monoisotopic (exact) mass is 196 g/mol. The van der Waals surface area contributed by atoms with Gasteiger partial charge in [-0.15, -0.1) is 0 Å². The van der Waals surface area contributed by atoms with Gasteiger partial charge in [0, 0.05) is 0 Å². The van der Waals surface area contributed by atoms with Crippen LogP contribution >= 0.6 is 0 Å². The number of benzene rings is 1. The summed E-state index contributed by atoms with van der Waals surface area (Å²) in [6, 6.07) is 10.3. The molecular weight excluding hydrogens is 180 g/mol. The minimum Gasteiger partial charge on any atom is -0.0991 e. The van der Waals surface area contributed by atoms with Crippen LogP contribution in [0.3, 0.4) is 0 Å². The van der Waals surface area contributed by atoms with Crippen LogP contribution in [0.1, 0.15) is 12.5 Å². The summed E-state index contributed by atoms with van der Waals surface area (Å²) in [5.41, 5.74) is 2.47. The highest BCUT2D eigenvalue weighted by Gasteiger charge is 1.92. The van der Waals surface area contributed by atoms with Gasteiger partial charge in [-0.1, -0.05) is 73.4 Å². The third kappa shape index (κ3) is 3.82. The van der Waals surface area contributed by atoms with E-state index in [1.807, 2.05) is 43.4 Å². The van der Waals surface area contributed by atoms with Crippen LogP contribution in [0.4, 0.5) is 0 Å². The van der Waals surface area contributed by atoms with Gasteiger partial charge in [-0.25, -0.2) is 0 Å². The maximum absolute atomic E-state index is 3.62. The SMILES string of the molecule is C=CC=CC=CC(=CC)c1ccccc1. The Morgan fingerprint density at radius 3 is 2.40 bits per heavy atom. The summed E-state index contributed by atoms with van der Waals surface area (Å²) >= 11 is 0. The highest BCUT2D eigenvalue weighted by Crippen LogP contribution is 2.14. The molecule has 0 heteroatoms. The topological polar surface area (TPSA) is 0 Å². The van der Waals surface area contributed by atoms with Crippen molar-refractivity contribution in [2.24, 2.45) is 0 Å². The molecule has 0 heterocycles. The molecule has 0 bridgehead atoms. The average Bonchev–Trinajstić information content (AvgIpc) is 2.30. The quantitative estimate of drug-likeness (QED) is 0.626. The predicted octanol–water partition coefficient (Wildman–Crippen LogP) is 4.39. The van der Waals surface area contributed by atoms with Crippen LogP contribution in [0.15, 0.2) is 73.4 Å². The van der Waals surface area contributed by atoms with Crippen molar-refractivity contribution in [3.05, 3.63) is 78.9 Å². The normalized spacial score (nSPS) is 12.5. The number of hydrogen-bond donors (Lipinski definition) is 0. The van der Waals surface area contributed by atoms with Gasteiger partial charge in [-0.2, -0.15) is 0 Å². The Hall–Kier alpha value is -1.82. The van der Waals surface area contributed by atoms with Crippen molar-refractivity contribution in [3.8, 4) is 0 Å². The average molecular weight is 196 g/mol. The van der Waals surface area contributed by atoms with Crippen molar-refractivity contribution in [2.75, 3.05) is 0 Å². The molecular formula is C15H16. The van der Waals surface area contributed by atoms with Crippen molar-refractivity contribution in [1.29, 1.82) is 0 Å². The molecule has 0 aromatic heterocycles. The van der Waals surface area contributed by atoms with E-state index in [0.29, 0.717) is 0 Å². The highest BCUT2D eigenvalue weighted by atomic mass is 14.0.